The van der Waals surface area contributed by atoms with Gasteiger partial charge in [0.15, 0.2) is 0 Å². The molecule has 110 valence electrons. The Morgan fingerprint density at radius 2 is 2.23 bits per heavy atom. The average Bonchev–Trinajstić information content (AvgIpc) is 2.52. The highest BCUT2D eigenvalue weighted by Gasteiger charge is 2.11. The van der Waals surface area contributed by atoms with Crippen LogP contribution in [0.25, 0.3) is 0 Å². The van der Waals surface area contributed by atoms with Crippen molar-refractivity contribution in [3.8, 4) is 6.07 Å². The summed E-state index contributed by atoms with van der Waals surface area (Å²) >= 11 is 5.97. The fourth-order valence-electron chi connectivity index (χ4n) is 1.57. The number of nitrogen functional groups attached to an aromatic ring is 1. The molecule has 0 saturated carbocycles. The van der Waals surface area contributed by atoms with Crippen LogP contribution in [0.15, 0.2) is 54.5 Å². The minimum atomic E-state index is -0.578. The van der Waals surface area contributed by atoms with Gasteiger partial charge in [-0.05, 0) is 30.3 Å². The molecular formula is C15H12ClN5O. The van der Waals surface area contributed by atoms with E-state index in [2.05, 4.69) is 15.6 Å². The summed E-state index contributed by atoms with van der Waals surface area (Å²) in [6.07, 6.45) is 4.49. The molecule has 0 radical (unpaired) electrons. The summed E-state index contributed by atoms with van der Waals surface area (Å²) < 4.78 is 0. The molecule has 0 aliphatic carbocycles. The van der Waals surface area contributed by atoms with Gasteiger partial charge >= 0.3 is 0 Å². The third kappa shape index (κ3) is 3.98. The van der Waals surface area contributed by atoms with Crippen LogP contribution in [0, 0.1) is 11.3 Å². The Morgan fingerprint density at radius 3 is 2.86 bits per heavy atom. The van der Waals surface area contributed by atoms with Crippen molar-refractivity contribution in [2.75, 3.05) is 16.4 Å². The standard InChI is InChI=1S/C15H12ClN5O/c16-13-6-11(18)3-4-14(13)21-15(22)10(7-17)8-20-12-2-1-5-19-9-12/h1-6,8-9,20H,18H2,(H,21,22)/b10-8-. The molecular weight excluding hydrogens is 302 g/mol. The molecule has 1 aromatic carbocycles. The molecule has 2 rings (SSSR count). The molecule has 2 aromatic rings. The lowest BCUT2D eigenvalue weighted by atomic mass is 10.2. The van der Waals surface area contributed by atoms with Gasteiger partial charge < -0.3 is 16.4 Å². The molecule has 1 amide bonds. The maximum Gasteiger partial charge on any atom is 0.267 e. The molecule has 0 atom stereocenters. The molecule has 6 nitrogen and oxygen atoms in total. The Morgan fingerprint density at radius 1 is 1.41 bits per heavy atom. The zero-order valence-electron chi connectivity index (χ0n) is 11.4. The lowest BCUT2D eigenvalue weighted by Crippen LogP contribution is -2.15. The zero-order valence-corrected chi connectivity index (χ0v) is 12.1. The van der Waals surface area contributed by atoms with E-state index in [1.165, 1.54) is 12.3 Å². The second-order valence-corrected chi connectivity index (χ2v) is 4.66. The van der Waals surface area contributed by atoms with Crippen LogP contribution in [-0.4, -0.2) is 10.9 Å². The molecule has 0 fully saturated rings. The number of amides is 1. The molecule has 0 unspecified atom stereocenters. The van der Waals surface area contributed by atoms with Crippen molar-refractivity contribution in [3.05, 3.63) is 59.5 Å². The number of carbonyl (C=O) groups excluding carboxylic acids is 1. The quantitative estimate of drug-likeness (QED) is 0.457. The molecule has 0 bridgehead atoms. The smallest absolute Gasteiger partial charge is 0.267 e. The summed E-state index contributed by atoms with van der Waals surface area (Å²) in [6, 6.07) is 10.00. The van der Waals surface area contributed by atoms with Crippen LogP contribution in [0.4, 0.5) is 17.1 Å². The molecule has 0 aliphatic heterocycles. The van der Waals surface area contributed by atoms with Crippen molar-refractivity contribution >= 4 is 34.6 Å². The van der Waals surface area contributed by atoms with Gasteiger partial charge in [0, 0.05) is 18.1 Å². The molecule has 1 aromatic heterocycles. The number of rotatable bonds is 4. The van der Waals surface area contributed by atoms with Crippen molar-refractivity contribution in [1.82, 2.24) is 4.98 Å². The first-order valence-electron chi connectivity index (χ1n) is 6.23. The van der Waals surface area contributed by atoms with Gasteiger partial charge in [0.1, 0.15) is 11.6 Å². The van der Waals surface area contributed by atoms with E-state index in [9.17, 15) is 4.79 Å². The number of hydrogen-bond acceptors (Lipinski definition) is 5. The van der Waals surface area contributed by atoms with Crippen LogP contribution in [0.2, 0.25) is 5.02 Å². The van der Waals surface area contributed by atoms with E-state index in [1.807, 2.05) is 6.07 Å². The molecule has 7 heteroatoms. The third-order valence-corrected chi connectivity index (χ3v) is 2.96. The number of carbonyl (C=O) groups is 1. The third-order valence-electron chi connectivity index (χ3n) is 2.65. The summed E-state index contributed by atoms with van der Waals surface area (Å²) in [7, 11) is 0. The number of nitrogens with one attached hydrogen (secondary N) is 2. The van der Waals surface area contributed by atoms with E-state index in [4.69, 9.17) is 22.6 Å². The van der Waals surface area contributed by atoms with Crippen molar-refractivity contribution in [3.63, 3.8) is 0 Å². The molecule has 4 N–H and O–H groups in total. The van der Waals surface area contributed by atoms with Crippen LogP contribution in [0.3, 0.4) is 0 Å². The summed E-state index contributed by atoms with van der Waals surface area (Å²) in [5, 5.41) is 14.8. The predicted octanol–water partition coefficient (Wildman–Crippen LogP) is 2.78. The van der Waals surface area contributed by atoms with Crippen molar-refractivity contribution in [1.29, 1.82) is 5.26 Å². The van der Waals surface area contributed by atoms with Crippen molar-refractivity contribution in [2.24, 2.45) is 0 Å². The van der Waals surface area contributed by atoms with E-state index >= 15 is 0 Å². The zero-order chi connectivity index (χ0) is 15.9. The van der Waals surface area contributed by atoms with Crippen LogP contribution in [0.1, 0.15) is 0 Å². The molecule has 1 heterocycles. The number of halogens is 1. The van der Waals surface area contributed by atoms with Gasteiger partial charge in [0.05, 0.1) is 22.6 Å². The van der Waals surface area contributed by atoms with Gasteiger partial charge in [-0.2, -0.15) is 5.26 Å². The van der Waals surface area contributed by atoms with Gasteiger partial charge in [-0.25, -0.2) is 0 Å². The SMILES string of the molecule is N#C/C(=C/Nc1cccnc1)C(=O)Nc1ccc(N)cc1Cl. The number of benzene rings is 1. The maximum absolute atomic E-state index is 12.1. The number of nitrogens with two attached hydrogens (primary N) is 1. The maximum atomic E-state index is 12.1. The van der Waals surface area contributed by atoms with Crippen LogP contribution >= 0.6 is 11.6 Å². The van der Waals surface area contributed by atoms with Crippen LogP contribution in [0.5, 0.6) is 0 Å². The van der Waals surface area contributed by atoms with E-state index in [0.29, 0.717) is 22.1 Å². The van der Waals surface area contributed by atoms with Gasteiger partial charge in [0.25, 0.3) is 5.91 Å². The molecule has 0 aliphatic rings. The largest absolute Gasteiger partial charge is 0.399 e. The number of hydrogen-bond donors (Lipinski definition) is 3. The lowest BCUT2D eigenvalue weighted by molar-refractivity contribution is -0.112. The van der Waals surface area contributed by atoms with E-state index < -0.39 is 5.91 Å². The van der Waals surface area contributed by atoms with E-state index in [-0.39, 0.29) is 5.57 Å². The fraction of sp³-hybridized carbons (Fsp3) is 0. The van der Waals surface area contributed by atoms with Crippen LogP contribution < -0.4 is 16.4 Å². The van der Waals surface area contributed by atoms with Crippen molar-refractivity contribution in [2.45, 2.75) is 0 Å². The predicted molar refractivity (Wildman–Crippen MR) is 86.0 cm³/mol. The number of nitrogens with zero attached hydrogens (tertiary/aromatic N) is 2. The molecule has 22 heavy (non-hydrogen) atoms. The van der Waals surface area contributed by atoms with Crippen molar-refractivity contribution < 1.29 is 4.79 Å². The summed E-state index contributed by atoms with van der Waals surface area (Å²) in [6.45, 7) is 0. The highest BCUT2D eigenvalue weighted by Crippen LogP contribution is 2.24. The summed E-state index contributed by atoms with van der Waals surface area (Å²) in [5.74, 6) is -0.578. The first kappa shape index (κ1) is 15.4. The monoisotopic (exact) mass is 313 g/mol. The van der Waals surface area contributed by atoms with Gasteiger partial charge in [0.2, 0.25) is 0 Å². The number of anilines is 3. The Labute approximate surface area is 132 Å². The Kier molecular flexibility index (Phi) is 4.96. The number of aromatic nitrogens is 1. The Hall–Kier alpha value is -3.04. The Bertz CT molecular complexity index is 752. The second kappa shape index (κ2) is 7.11. The highest BCUT2D eigenvalue weighted by atomic mass is 35.5. The first-order chi connectivity index (χ1) is 10.6. The lowest BCUT2D eigenvalue weighted by Gasteiger charge is -2.07. The first-order valence-corrected chi connectivity index (χ1v) is 6.61. The van der Waals surface area contributed by atoms with Gasteiger partial charge in [-0.1, -0.05) is 11.6 Å². The minimum absolute atomic E-state index is 0.100. The summed E-state index contributed by atoms with van der Waals surface area (Å²) in [4.78, 5) is 16.0. The van der Waals surface area contributed by atoms with E-state index in [0.717, 1.165) is 0 Å². The second-order valence-electron chi connectivity index (χ2n) is 4.25. The van der Waals surface area contributed by atoms with Gasteiger partial charge in [-0.3, -0.25) is 9.78 Å². The molecule has 0 saturated heterocycles. The number of pyridine rings is 1. The number of nitriles is 1. The highest BCUT2D eigenvalue weighted by molar-refractivity contribution is 6.34. The normalized spacial score (nSPS) is 10.6. The topological polar surface area (TPSA) is 104 Å². The summed E-state index contributed by atoms with van der Waals surface area (Å²) in [5.41, 5.74) is 7.00. The Balaban J connectivity index is 2.10. The van der Waals surface area contributed by atoms with Gasteiger partial charge in [-0.15, -0.1) is 0 Å². The fourth-order valence-corrected chi connectivity index (χ4v) is 1.81. The van der Waals surface area contributed by atoms with Crippen LogP contribution in [-0.2, 0) is 4.79 Å². The molecule has 0 spiro atoms. The average molecular weight is 314 g/mol. The van der Waals surface area contributed by atoms with E-state index in [1.54, 1.807) is 36.7 Å². The minimum Gasteiger partial charge on any atom is -0.399 e.